The quantitative estimate of drug-likeness (QED) is 0.183. The van der Waals surface area contributed by atoms with Gasteiger partial charge in [-0.25, -0.2) is 9.59 Å². The maximum atomic E-state index is 12.8. The van der Waals surface area contributed by atoms with Crippen LogP contribution in [-0.4, -0.2) is 95.8 Å². The van der Waals surface area contributed by atoms with Crippen molar-refractivity contribution in [2.75, 3.05) is 63.0 Å². The third-order valence-corrected chi connectivity index (χ3v) is 10.9. The molecule has 11 nitrogen and oxygen atoms in total. The van der Waals surface area contributed by atoms with E-state index >= 15 is 0 Å². The monoisotopic (exact) mass is 839 g/mol. The minimum Gasteiger partial charge on any atom is -0.337 e. The molecule has 0 saturated carbocycles. The average Bonchev–Trinajstić information content (AvgIpc) is 3.68. The first-order chi connectivity index (χ1) is 29.1. The zero-order valence-electron chi connectivity index (χ0n) is 32.8. The highest BCUT2D eigenvalue weighted by molar-refractivity contribution is 6.35. The fraction of sp³-hybridized carbons (Fsp3) is 0.213. The summed E-state index contributed by atoms with van der Waals surface area (Å²) in [4.78, 5) is 58.1. The Morgan fingerprint density at radius 2 is 0.883 bits per heavy atom. The maximum absolute atomic E-state index is 12.8. The molecule has 6 amide bonds. The fourth-order valence-corrected chi connectivity index (χ4v) is 7.84. The summed E-state index contributed by atoms with van der Waals surface area (Å²) in [5.41, 5.74) is 3.06. The number of hydrogen-bond acceptors (Lipinski definition) is 5. The first-order valence-corrected chi connectivity index (χ1v) is 20.5. The number of nitrogens with one attached hydrogen (secondary N) is 2. The lowest BCUT2D eigenvalue weighted by molar-refractivity contribution is 0.0755. The van der Waals surface area contributed by atoms with Crippen LogP contribution in [0.15, 0.2) is 127 Å². The number of hydrogen-bond donors (Lipinski definition) is 2. The predicted molar refractivity (Wildman–Crippen MR) is 238 cm³/mol. The fourth-order valence-electron chi connectivity index (χ4n) is 7.32. The van der Waals surface area contributed by atoms with Crippen LogP contribution in [-0.2, 0) is 0 Å². The molecule has 0 spiro atoms. The van der Waals surface area contributed by atoms with E-state index in [4.69, 9.17) is 28.5 Å². The number of amides is 6. The third-order valence-electron chi connectivity index (χ3n) is 10.5. The van der Waals surface area contributed by atoms with E-state index in [9.17, 15) is 19.2 Å². The van der Waals surface area contributed by atoms with Crippen LogP contribution in [0.2, 0.25) is 10.0 Å². The van der Waals surface area contributed by atoms with Gasteiger partial charge in [-0.2, -0.15) is 5.26 Å². The van der Waals surface area contributed by atoms with Gasteiger partial charge in [-0.1, -0.05) is 83.9 Å². The molecule has 2 aliphatic rings. The van der Waals surface area contributed by atoms with Crippen LogP contribution in [0.4, 0.5) is 21.0 Å². The molecule has 0 aromatic heterocycles. The zero-order chi connectivity index (χ0) is 42.0. The Labute approximate surface area is 358 Å². The highest BCUT2D eigenvalue weighted by atomic mass is 35.5. The molecule has 0 unspecified atom stereocenters. The van der Waals surface area contributed by atoms with Gasteiger partial charge in [-0.3, -0.25) is 9.59 Å². The lowest BCUT2D eigenvalue weighted by atomic mass is 10.1. The van der Waals surface area contributed by atoms with Crippen molar-refractivity contribution in [1.29, 1.82) is 5.26 Å². The highest BCUT2D eigenvalue weighted by Crippen LogP contribution is 2.23. The summed E-state index contributed by atoms with van der Waals surface area (Å²) in [5.74, 6) is -0.201. The van der Waals surface area contributed by atoms with E-state index in [1.54, 1.807) is 62.1 Å². The second-order valence-corrected chi connectivity index (χ2v) is 15.5. The van der Waals surface area contributed by atoms with Crippen molar-refractivity contribution in [2.45, 2.75) is 12.8 Å². The van der Waals surface area contributed by atoms with Gasteiger partial charge >= 0.3 is 12.1 Å². The molecule has 0 aliphatic carbocycles. The van der Waals surface area contributed by atoms with Gasteiger partial charge in [0.05, 0.1) is 11.6 Å². The van der Waals surface area contributed by atoms with E-state index < -0.39 is 0 Å². The van der Waals surface area contributed by atoms with Crippen LogP contribution in [0, 0.1) is 11.3 Å². The Hall–Kier alpha value is -6.61. The molecule has 6 aromatic carbocycles. The van der Waals surface area contributed by atoms with E-state index in [1.807, 2.05) is 84.9 Å². The molecule has 2 fully saturated rings. The molecule has 6 aromatic rings. The second kappa shape index (κ2) is 19.4. The standard InChI is InChI=1S/C24H22N4O2.C23H21Cl2N3O2/c25-17-18-6-8-20(9-7-18)23(29)27-12-3-13-28(15-14-27)24(30)26-22-11-10-19-4-1-2-5-21(19)16-22;24-19-12-18(13-20(25)15-19)22(29)27-8-3-9-28(11-10-27)23(30)26-21-7-6-16-4-1-2-5-17(16)14-21/h1-2,4-11,16H,3,12-15H2,(H,26,30);1-2,4-7,12-15H,3,8-11H2,(H,26,30). The number of carbonyl (C=O) groups is 4. The Bertz CT molecular complexity index is 2560. The van der Waals surface area contributed by atoms with Crippen molar-refractivity contribution in [3.05, 3.63) is 154 Å². The van der Waals surface area contributed by atoms with Crippen LogP contribution < -0.4 is 10.6 Å². The predicted octanol–water partition coefficient (Wildman–Crippen LogP) is 9.62. The Morgan fingerprint density at radius 3 is 1.35 bits per heavy atom. The van der Waals surface area contributed by atoms with Crippen LogP contribution in [0.5, 0.6) is 0 Å². The van der Waals surface area contributed by atoms with Gasteiger partial charge in [-0.05, 0) is 101 Å². The molecule has 60 heavy (non-hydrogen) atoms. The van der Waals surface area contributed by atoms with Crippen molar-refractivity contribution in [3.8, 4) is 6.07 Å². The van der Waals surface area contributed by atoms with Crippen molar-refractivity contribution in [3.63, 3.8) is 0 Å². The zero-order valence-corrected chi connectivity index (χ0v) is 34.3. The number of benzene rings is 6. The lowest BCUT2D eigenvalue weighted by Gasteiger charge is -2.23. The first kappa shape index (κ1) is 41.5. The molecule has 0 atom stereocenters. The van der Waals surface area contributed by atoms with Crippen molar-refractivity contribution in [1.82, 2.24) is 19.6 Å². The molecular formula is C47H43Cl2N7O4. The molecule has 2 heterocycles. The minimum absolute atomic E-state index is 0.0729. The Kier molecular flexibility index (Phi) is 13.5. The molecule has 304 valence electrons. The summed E-state index contributed by atoms with van der Waals surface area (Å²) < 4.78 is 0. The van der Waals surface area contributed by atoms with Crippen LogP contribution in [0.25, 0.3) is 21.5 Å². The van der Waals surface area contributed by atoms with Crippen LogP contribution in [0.3, 0.4) is 0 Å². The maximum Gasteiger partial charge on any atom is 0.321 e. The number of fused-ring (bicyclic) bond motifs is 2. The molecule has 2 N–H and O–H groups in total. The Morgan fingerprint density at radius 1 is 0.467 bits per heavy atom. The lowest BCUT2D eigenvalue weighted by Crippen LogP contribution is -2.39. The first-order valence-electron chi connectivity index (χ1n) is 19.8. The van der Waals surface area contributed by atoms with E-state index in [1.165, 1.54) is 0 Å². The number of rotatable bonds is 4. The number of nitrogens with zero attached hydrogens (tertiary/aromatic N) is 5. The van der Waals surface area contributed by atoms with Crippen LogP contribution in [0.1, 0.15) is 39.1 Å². The molecule has 13 heteroatoms. The summed E-state index contributed by atoms with van der Waals surface area (Å²) in [6.07, 6.45) is 1.42. The van der Waals surface area contributed by atoms with Crippen molar-refractivity contribution in [2.24, 2.45) is 0 Å². The number of halogens is 2. The van der Waals surface area contributed by atoms with Gasteiger partial charge in [-0.15, -0.1) is 0 Å². The number of urea groups is 2. The normalized spacial score (nSPS) is 14.3. The molecule has 0 bridgehead atoms. The third kappa shape index (κ3) is 10.5. The second-order valence-electron chi connectivity index (χ2n) is 14.6. The molecule has 8 rings (SSSR count). The van der Waals surface area contributed by atoms with Gasteiger partial charge in [0.15, 0.2) is 0 Å². The number of carbonyl (C=O) groups excluding carboxylic acids is 4. The van der Waals surface area contributed by atoms with Crippen molar-refractivity contribution >= 4 is 80.0 Å². The summed E-state index contributed by atoms with van der Waals surface area (Å²) >= 11 is 12.1. The molecule has 0 radical (unpaired) electrons. The summed E-state index contributed by atoms with van der Waals surface area (Å²) in [7, 11) is 0. The smallest absolute Gasteiger partial charge is 0.321 e. The molecular weight excluding hydrogens is 797 g/mol. The SMILES string of the molecule is N#Cc1ccc(C(=O)N2CCCN(C(=O)Nc3ccc4ccccc4c3)CC2)cc1.O=C(Nc1ccc2ccccc2c1)N1CCCN(C(=O)c2cc(Cl)cc(Cl)c2)CC1. The Balaban J connectivity index is 0.000000181. The largest absolute Gasteiger partial charge is 0.337 e. The topological polar surface area (TPSA) is 129 Å². The van der Waals surface area contributed by atoms with Crippen molar-refractivity contribution < 1.29 is 19.2 Å². The summed E-state index contributed by atoms with van der Waals surface area (Å²) in [5, 5.41) is 20.1. The minimum atomic E-state index is -0.162. The van der Waals surface area contributed by atoms with Gasteiger partial charge in [0, 0.05) is 84.9 Å². The summed E-state index contributed by atoms with van der Waals surface area (Å²) in [6, 6.07) is 41.0. The average molecular weight is 841 g/mol. The number of anilines is 2. The number of nitriles is 1. The summed E-state index contributed by atoms with van der Waals surface area (Å²) in [6.45, 7) is 4.20. The van der Waals surface area contributed by atoms with Crippen LogP contribution >= 0.6 is 23.2 Å². The van der Waals surface area contributed by atoms with Gasteiger partial charge in [0.2, 0.25) is 0 Å². The molecule has 2 aliphatic heterocycles. The van der Waals surface area contributed by atoms with Gasteiger partial charge in [0.1, 0.15) is 0 Å². The van der Waals surface area contributed by atoms with Gasteiger partial charge in [0.25, 0.3) is 11.8 Å². The van der Waals surface area contributed by atoms with E-state index in [0.717, 1.165) is 32.9 Å². The van der Waals surface area contributed by atoms with E-state index in [2.05, 4.69) is 16.7 Å². The van der Waals surface area contributed by atoms with E-state index in [0.29, 0.717) is 91.9 Å². The highest BCUT2D eigenvalue weighted by Gasteiger charge is 2.25. The van der Waals surface area contributed by atoms with Gasteiger partial charge < -0.3 is 30.2 Å². The van der Waals surface area contributed by atoms with E-state index in [-0.39, 0.29) is 23.9 Å². The molecule has 2 saturated heterocycles.